The molecule has 1 unspecified atom stereocenters. The number of carbonyl (C=O) groups excluding carboxylic acids is 2. The summed E-state index contributed by atoms with van der Waals surface area (Å²) >= 11 is 0. The average molecular weight is 470 g/mol. The maximum atomic E-state index is 13.1. The largest absolute Gasteiger partial charge is 0.507 e. The van der Waals surface area contributed by atoms with Crippen molar-refractivity contribution in [3.63, 3.8) is 0 Å². The molecule has 182 valence electrons. The fourth-order valence-corrected chi connectivity index (χ4v) is 3.81. The van der Waals surface area contributed by atoms with Gasteiger partial charge < -0.3 is 29.3 Å². The Morgan fingerprint density at radius 3 is 2.38 bits per heavy atom. The topological polar surface area (TPSA) is 106 Å². The van der Waals surface area contributed by atoms with Gasteiger partial charge in [0.05, 0.1) is 38.0 Å². The number of aliphatic hydroxyl groups excluding tert-OH is 1. The van der Waals surface area contributed by atoms with Crippen LogP contribution in [0.3, 0.4) is 0 Å². The van der Waals surface area contributed by atoms with E-state index in [1.807, 2.05) is 20.8 Å². The Labute approximate surface area is 199 Å². The van der Waals surface area contributed by atoms with Crippen molar-refractivity contribution >= 4 is 17.4 Å². The van der Waals surface area contributed by atoms with E-state index < -0.39 is 17.7 Å². The lowest BCUT2D eigenvalue weighted by atomic mass is 9.95. The van der Waals surface area contributed by atoms with Crippen molar-refractivity contribution in [2.75, 3.05) is 26.9 Å². The zero-order chi connectivity index (χ0) is 24.8. The fourth-order valence-electron chi connectivity index (χ4n) is 3.81. The number of aliphatic hydroxyl groups is 1. The average Bonchev–Trinajstić information content (AvgIpc) is 3.07. The predicted molar refractivity (Wildman–Crippen MR) is 127 cm³/mol. The van der Waals surface area contributed by atoms with Crippen LogP contribution in [0, 0.1) is 0 Å². The Morgan fingerprint density at radius 1 is 1.09 bits per heavy atom. The maximum absolute atomic E-state index is 13.1. The highest BCUT2D eigenvalue weighted by atomic mass is 16.5. The summed E-state index contributed by atoms with van der Waals surface area (Å²) in [4.78, 5) is 27.4. The van der Waals surface area contributed by atoms with E-state index in [4.69, 9.17) is 14.2 Å². The quantitative estimate of drug-likeness (QED) is 0.307. The van der Waals surface area contributed by atoms with Crippen molar-refractivity contribution in [1.82, 2.24) is 4.90 Å². The third-order valence-electron chi connectivity index (χ3n) is 5.44. The van der Waals surface area contributed by atoms with Crippen molar-refractivity contribution in [1.29, 1.82) is 0 Å². The normalized spacial score (nSPS) is 17.4. The first-order valence-electron chi connectivity index (χ1n) is 11.3. The van der Waals surface area contributed by atoms with E-state index in [9.17, 15) is 19.8 Å². The van der Waals surface area contributed by atoms with E-state index in [1.165, 1.54) is 18.1 Å². The lowest BCUT2D eigenvalue weighted by Crippen LogP contribution is -2.33. The SMILES string of the molecule is CCCOc1ccc(/C(O)=C2/C(=O)C(=O)N(CCOC(C)C)C2c2ccc(OC)c(O)c2)cc1. The smallest absolute Gasteiger partial charge is 0.295 e. The van der Waals surface area contributed by atoms with Crippen molar-refractivity contribution < 1.29 is 34.0 Å². The molecule has 1 saturated heterocycles. The number of phenols is 1. The van der Waals surface area contributed by atoms with Gasteiger partial charge in [-0.1, -0.05) is 13.0 Å². The van der Waals surface area contributed by atoms with Crippen LogP contribution in [0.5, 0.6) is 17.2 Å². The Kier molecular flexibility index (Phi) is 8.17. The second-order valence-electron chi connectivity index (χ2n) is 8.22. The minimum atomic E-state index is -0.899. The standard InChI is InChI=1S/C26H31NO7/c1-5-13-34-19-9-6-17(7-10-19)24(29)22-23(18-8-11-21(32-4)20(28)15-18)27(26(31)25(22)30)12-14-33-16(2)3/h6-11,15-16,23,28-29H,5,12-14H2,1-4H3/b24-22-. The minimum absolute atomic E-state index is 0.0475. The van der Waals surface area contributed by atoms with E-state index in [2.05, 4.69) is 0 Å². The maximum Gasteiger partial charge on any atom is 0.295 e. The van der Waals surface area contributed by atoms with Crippen LogP contribution in [0.15, 0.2) is 48.0 Å². The van der Waals surface area contributed by atoms with Gasteiger partial charge in [-0.05, 0) is 62.2 Å². The Balaban J connectivity index is 2.05. The number of nitrogens with zero attached hydrogens (tertiary/aromatic N) is 1. The molecule has 2 aromatic carbocycles. The molecule has 1 aliphatic heterocycles. The molecule has 0 aromatic heterocycles. The molecule has 0 spiro atoms. The number of Topliss-reactive ketones (excluding diaryl/α,β-unsaturated/α-hetero) is 1. The van der Waals surface area contributed by atoms with Gasteiger partial charge in [-0.3, -0.25) is 9.59 Å². The van der Waals surface area contributed by atoms with Crippen LogP contribution < -0.4 is 9.47 Å². The van der Waals surface area contributed by atoms with Crippen LogP contribution in [-0.2, 0) is 14.3 Å². The highest BCUT2D eigenvalue weighted by Crippen LogP contribution is 2.41. The molecule has 0 aliphatic carbocycles. The van der Waals surface area contributed by atoms with E-state index in [-0.39, 0.29) is 42.1 Å². The molecular weight excluding hydrogens is 438 g/mol. The monoisotopic (exact) mass is 469 g/mol. The highest BCUT2D eigenvalue weighted by molar-refractivity contribution is 6.46. The van der Waals surface area contributed by atoms with Gasteiger partial charge in [0.1, 0.15) is 11.5 Å². The molecule has 1 fully saturated rings. The molecule has 34 heavy (non-hydrogen) atoms. The Bertz CT molecular complexity index is 1060. The molecule has 0 saturated carbocycles. The lowest BCUT2D eigenvalue weighted by molar-refractivity contribution is -0.140. The highest BCUT2D eigenvalue weighted by Gasteiger charge is 2.46. The van der Waals surface area contributed by atoms with Gasteiger partial charge in [0.25, 0.3) is 11.7 Å². The molecule has 1 aliphatic rings. The molecule has 3 rings (SSSR count). The minimum Gasteiger partial charge on any atom is -0.507 e. The zero-order valence-corrected chi connectivity index (χ0v) is 19.9. The number of ether oxygens (including phenoxy) is 3. The van der Waals surface area contributed by atoms with Crippen LogP contribution >= 0.6 is 0 Å². The summed E-state index contributed by atoms with van der Waals surface area (Å²) in [6.45, 7) is 6.67. The van der Waals surface area contributed by atoms with Crippen LogP contribution in [0.1, 0.15) is 44.4 Å². The molecule has 1 heterocycles. The van der Waals surface area contributed by atoms with E-state index in [0.29, 0.717) is 23.5 Å². The molecule has 0 radical (unpaired) electrons. The van der Waals surface area contributed by atoms with Crippen molar-refractivity contribution in [2.24, 2.45) is 0 Å². The zero-order valence-electron chi connectivity index (χ0n) is 19.9. The molecule has 0 bridgehead atoms. The van der Waals surface area contributed by atoms with Gasteiger partial charge in [0, 0.05) is 12.1 Å². The van der Waals surface area contributed by atoms with Gasteiger partial charge in [-0.15, -0.1) is 0 Å². The molecule has 8 heteroatoms. The number of rotatable bonds is 10. The summed E-state index contributed by atoms with van der Waals surface area (Å²) in [6.07, 6.45) is 0.814. The van der Waals surface area contributed by atoms with Gasteiger partial charge in [-0.2, -0.15) is 0 Å². The number of benzene rings is 2. The third-order valence-corrected chi connectivity index (χ3v) is 5.44. The molecule has 8 nitrogen and oxygen atoms in total. The van der Waals surface area contributed by atoms with Crippen LogP contribution in [0.4, 0.5) is 0 Å². The third kappa shape index (κ3) is 5.34. The van der Waals surface area contributed by atoms with Gasteiger partial charge in [0.15, 0.2) is 11.5 Å². The van der Waals surface area contributed by atoms with E-state index in [1.54, 1.807) is 36.4 Å². The number of hydrogen-bond donors (Lipinski definition) is 2. The molecule has 2 N–H and O–H groups in total. The fraction of sp³-hybridized carbons (Fsp3) is 0.385. The predicted octanol–water partition coefficient (Wildman–Crippen LogP) is 4.04. The first-order chi connectivity index (χ1) is 16.3. The van der Waals surface area contributed by atoms with Gasteiger partial charge in [-0.25, -0.2) is 0 Å². The Hall–Kier alpha value is -3.52. The summed E-state index contributed by atoms with van der Waals surface area (Å²) < 4.78 is 16.3. The lowest BCUT2D eigenvalue weighted by Gasteiger charge is -2.26. The Morgan fingerprint density at radius 2 is 1.79 bits per heavy atom. The number of carbonyl (C=O) groups is 2. The van der Waals surface area contributed by atoms with E-state index >= 15 is 0 Å². The second kappa shape index (κ2) is 11.1. The number of ketones is 1. The van der Waals surface area contributed by atoms with Crippen molar-refractivity contribution in [3.05, 3.63) is 59.2 Å². The molecule has 2 aromatic rings. The van der Waals surface area contributed by atoms with Gasteiger partial charge >= 0.3 is 0 Å². The summed E-state index contributed by atoms with van der Waals surface area (Å²) in [5.74, 6) is -1.08. The van der Waals surface area contributed by atoms with Crippen molar-refractivity contribution in [2.45, 2.75) is 39.3 Å². The van der Waals surface area contributed by atoms with E-state index in [0.717, 1.165) is 6.42 Å². The number of likely N-dealkylation sites (tertiary alicyclic amines) is 1. The number of hydrogen-bond acceptors (Lipinski definition) is 7. The molecular formula is C26H31NO7. The van der Waals surface area contributed by atoms with Crippen LogP contribution in [0.25, 0.3) is 5.76 Å². The first-order valence-corrected chi connectivity index (χ1v) is 11.3. The number of aromatic hydroxyl groups is 1. The summed E-state index contributed by atoms with van der Waals surface area (Å²) in [6, 6.07) is 10.4. The van der Waals surface area contributed by atoms with Gasteiger partial charge in [0.2, 0.25) is 0 Å². The molecule has 1 amide bonds. The number of phenolic OH excluding ortho intramolecular Hbond substituents is 1. The summed E-state index contributed by atoms with van der Waals surface area (Å²) in [5, 5.41) is 21.5. The molecule has 1 atom stereocenters. The number of methoxy groups -OCH3 is 1. The van der Waals surface area contributed by atoms with Crippen LogP contribution in [-0.4, -0.2) is 59.8 Å². The summed E-state index contributed by atoms with van der Waals surface area (Å²) in [5.41, 5.74) is 0.788. The first kappa shape index (κ1) is 25.1. The van der Waals surface area contributed by atoms with Crippen LogP contribution in [0.2, 0.25) is 0 Å². The second-order valence-corrected chi connectivity index (χ2v) is 8.22. The summed E-state index contributed by atoms with van der Waals surface area (Å²) in [7, 11) is 1.43. The van der Waals surface area contributed by atoms with Crippen molar-refractivity contribution in [3.8, 4) is 17.2 Å². The number of amides is 1.